The SMILES string of the molecule is O=C(Cc1ccc(F)cc1)NCCNC(=O)Cc1ccc(F)cc1. The molecule has 0 aliphatic rings. The Morgan fingerprint density at radius 1 is 0.667 bits per heavy atom. The summed E-state index contributed by atoms with van der Waals surface area (Å²) in [5, 5.41) is 5.35. The van der Waals surface area contributed by atoms with Gasteiger partial charge >= 0.3 is 0 Å². The molecular weight excluding hydrogens is 314 g/mol. The van der Waals surface area contributed by atoms with Crippen molar-refractivity contribution in [2.24, 2.45) is 0 Å². The first-order chi connectivity index (χ1) is 11.5. The minimum atomic E-state index is -0.344. The molecule has 0 fully saturated rings. The molecule has 2 rings (SSSR count). The Kier molecular flexibility index (Phi) is 6.42. The van der Waals surface area contributed by atoms with E-state index >= 15 is 0 Å². The Labute approximate surface area is 138 Å². The van der Waals surface area contributed by atoms with E-state index in [-0.39, 0.29) is 36.3 Å². The molecule has 0 atom stereocenters. The van der Waals surface area contributed by atoms with Gasteiger partial charge in [0, 0.05) is 13.1 Å². The van der Waals surface area contributed by atoms with Crippen LogP contribution in [0.2, 0.25) is 0 Å². The molecule has 0 bridgehead atoms. The summed E-state index contributed by atoms with van der Waals surface area (Å²) in [6.45, 7) is 0.602. The molecule has 0 aromatic heterocycles. The lowest BCUT2D eigenvalue weighted by Gasteiger charge is -2.07. The van der Waals surface area contributed by atoms with Crippen LogP contribution in [-0.2, 0) is 22.4 Å². The molecular formula is C18H18F2N2O2. The van der Waals surface area contributed by atoms with Crippen molar-refractivity contribution in [2.45, 2.75) is 12.8 Å². The molecule has 24 heavy (non-hydrogen) atoms. The van der Waals surface area contributed by atoms with Crippen LogP contribution in [0.15, 0.2) is 48.5 Å². The summed E-state index contributed by atoms with van der Waals surface area (Å²) in [5.41, 5.74) is 1.43. The zero-order valence-corrected chi connectivity index (χ0v) is 13.0. The zero-order valence-electron chi connectivity index (χ0n) is 13.0. The standard InChI is InChI=1S/C18H18F2N2O2/c19-15-5-1-13(2-6-15)11-17(23)21-9-10-22-18(24)12-14-3-7-16(20)8-4-14/h1-8H,9-12H2,(H,21,23)(H,22,24). The molecule has 0 spiro atoms. The van der Waals surface area contributed by atoms with Gasteiger partial charge < -0.3 is 10.6 Å². The van der Waals surface area contributed by atoms with Crippen LogP contribution < -0.4 is 10.6 Å². The average Bonchev–Trinajstić information content (AvgIpc) is 2.56. The van der Waals surface area contributed by atoms with E-state index in [0.717, 1.165) is 0 Å². The van der Waals surface area contributed by atoms with Gasteiger partial charge in [0.15, 0.2) is 0 Å². The van der Waals surface area contributed by atoms with Gasteiger partial charge in [0.05, 0.1) is 12.8 Å². The Hall–Kier alpha value is -2.76. The maximum Gasteiger partial charge on any atom is 0.224 e. The maximum atomic E-state index is 12.8. The molecule has 6 heteroatoms. The summed E-state index contributed by atoms with van der Waals surface area (Å²) in [6.07, 6.45) is 0.313. The smallest absolute Gasteiger partial charge is 0.224 e. The van der Waals surface area contributed by atoms with Crippen LogP contribution in [0.4, 0.5) is 8.78 Å². The summed E-state index contributed by atoms with van der Waals surface area (Å²) in [7, 11) is 0. The van der Waals surface area contributed by atoms with Gasteiger partial charge in [0.1, 0.15) is 11.6 Å². The molecule has 2 N–H and O–H groups in total. The predicted octanol–water partition coefficient (Wildman–Crippen LogP) is 1.98. The van der Waals surface area contributed by atoms with Crippen LogP contribution in [0.25, 0.3) is 0 Å². The minimum Gasteiger partial charge on any atom is -0.354 e. The van der Waals surface area contributed by atoms with Gasteiger partial charge in [-0.05, 0) is 35.4 Å². The summed E-state index contributed by atoms with van der Waals surface area (Å²) in [6, 6.07) is 11.4. The fraction of sp³-hybridized carbons (Fsp3) is 0.222. The largest absolute Gasteiger partial charge is 0.354 e. The Morgan fingerprint density at radius 2 is 1.00 bits per heavy atom. The van der Waals surface area contributed by atoms with E-state index in [9.17, 15) is 18.4 Å². The second-order valence-electron chi connectivity index (χ2n) is 5.31. The topological polar surface area (TPSA) is 58.2 Å². The second kappa shape index (κ2) is 8.76. The van der Waals surface area contributed by atoms with Crippen molar-refractivity contribution < 1.29 is 18.4 Å². The average molecular weight is 332 g/mol. The van der Waals surface area contributed by atoms with Gasteiger partial charge in [-0.3, -0.25) is 9.59 Å². The highest BCUT2D eigenvalue weighted by atomic mass is 19.1. The second-order valence-corrected chi connectivity index (χ2v) is 5.31. The van der Waals surface area contributed by atoms with Crippen LogP contribution in [0.5, 0.6) is 0 Å². The Morgan fingerprint density at radius 3 is 1.33 bits per heavy atom. The summed E-state index contributed by atoms with van der Waals surface area (Å²) < 4.78 is 25.5. The van der Waals surface area contributed by atoms with E-state index in [1.807, 2.05) is 0 Å². The Bertz CT molecular complexity index is 624. The van der Waals surface area contributed by atoms with Gasteiger partial charge in [-0.15, -0.1) is 0 Å². The van der Waals surface area contributed by atoms with Crippen molar-refractivity contribution in [3.63, 3.8) is 0 Å². The monoisotopic (exact) mass is 332 g/mol. The molecule has 2 aromatic rings. The fourth-order valence-corrected chi connectivity index (χ4v) is 2.10. The first-order valence-corrected chi connectivity index (χ1v) is 7.55. The maximum absolute atomic E-state index is 12.8. The van der Waals surface area contributed by atoms with Gasteiger partial charge in [0.2, 0.25) is 11.8 Å². The Balaban J connectivity index is 1.63. The molecule has 0 heterocycles. The minimum absolute atomic E-state index is 0.157. The van der Waals surface area contributed by atoms with E-state index in [1.54, 1.807) is 24.3 Å². The van der Waals surface area contributed by atoms with Crippen LogP contribution in [0.1, 0.15) is 11.1 Å². The van der Waals surface area contributed by atoms with Gasteiger partial charge in [-0.2, -0.15) is 0 Å². The normalized spacial score (nSPS) is 10.2. The number of rotatable bonds is 7. The first-order valence-electron chi connectivity index (χ1n) is 7.55. The van der Waals surface area contributed by atoms with Gasteiger partial charge in [-0.1, -0.05) is 24.3 Å². The number of amides is 2. The number of carbonyl (C=O) groups is 2. The highest BCUT2D eigenvalue weighted by Gasteiger charge is 2.05. The third-order valence-electron chi connectivity index (χ3n) is 3.33. The molecule has 126 valence electrons. The lowest BCUT2D eigenvalue weighted by molar-refractivity contribution is -0.122. The lowest BCUT2D eigenvalue weighted by Crippen LogP contribution is -2.35. The molecule has 0 aliphatic heterocycles. The summed E-state index contributed by atoms with van der Waals surface area (Å²) >= 11 is 0. The molecule has 0 aliphatic carbocycles. The van der Waals surface area contributed by atoms with Crippen molar-refractivity contribution in [1.82, 2.24) is 10.6 Å². The summed E-state index contributed by atoms with van der Waals surface area (Å²) in [5.74, 6) is -1.09. The third kappa shape index (κ3) is 6.16. The number of halogens is 2. The lowest BCUT2D eigenvalue weighted by atomic mass is 10.1. The number of benzene rings is 2. The van der Waals surface area contributed by atoms with Crippen molar-refractivity contribution in [3.8, 4) is 0 Å². The van der Waals surface area contributed by atoms with Crippen LogP contribution in [-0.4, -0.2) is 24.9 Å². The molecule has 0 saturated heterocycles. The van der Waals surface area contributed by atoms with Crippen molar-refractivity contribution in [3.05, 3.63) is 71.3 Å². The first kappa shape index (κ1) is 17.6. The van der Waals surface area contributed by atoms with E-state index < -0.39 is 0 Å². The molecule has 2 amide bonds. The van der Waals surface area contributed by atoms with Crippen LogP contribution in [0, 0.1) is 11.6 Å². The van der Waals surface area contributed by atoms with Gasteiger partial charge in [-0.25, -0.2) is 8.78 Å². The van der Waals surface area contributed by atoms with Crippen molar-refractivity contribution in [2.75, 3.05) is 13.1 Å². The summed E-state index contributed by atoms with van der Waals surface area (Å²) in [4.78, 5) is 23.4. The number of hydrogen-bond acceptors (Lipinski definition) is 2. The van der Waals surface area contributed by atoms with Crippen molar-refractivity contribution in [1.29, 1.82) is 0 Å². The van der Waals surface area contributed by atoms with Gasteiger partial charge in [0.25, 0.3) is 0 Å². The number of hydrogen-bond donors (Lipinski definition) is 2. The van der Waals surface area contributed by atoms with E-state index in [0.29, 0.717) is 24.2 Å². The highest BCUT2D eigenvalue weighted by Crippen LogP contribution is 2.04. The molecule has 2 aromatic carbocycles. The fourth-order valence-electron chi connectivity index (χ4n) is 2.10. The quantitative estimate of drug-likeness (QED) is 0.762. The zero-order chi connectivity index (χ0) is 17.4. The van der Waals surface area contributed by atoms with E-state index in [4.69, 9.17) is 0 Å². The molecule has 0 unspecified atom stereocenters. The van der Waals surface area contributed by atoms with E-state index in [2.05, 4.69) is 10.6 Å². The molecule has 0 radical (unpaired) electrons. The van der Waals surface area contributed by atoms with Crippen molar-refractivity contribution >= 4 is 11.8 Å². The highest BCUT2D eigenvalue weighted by molar-refractivity contribution is 5.79. The predicted molar refractivity (Wildman–Crippen MR) is 86.2 cm³/mol. The molecule has 4 nitrogen and oxygen atoms in total. The number of carbonyl (C=O) groups excluding carboxylic acids is 2. The molecule has 0 saturated carbocycles. The van der Waals surface area contributed by atoms with Crippen LogP contribution >= 0.6 is 0 Å². The van der Waals surface area contributed by atoms with Crippen LogP contribution in [0.3, 0.4) is 0 Å². The number of nitrogens with one attached hydrogen (secondary N) is 2. The third-order valence-corrected chi connectivity index (χ3v) is 3.33. The van der Waals surface area contributed by atoms with E-state index in [1.165, 1.54) is 24.3 Å².